The van der Waals surface area contributed by atoms with E-state index in [1.54, 1.807) is 72.8 Å². The molecule has 1 aliphatic heterocycles. The molecule has 3 aromatic rings. The Morgan fingerprint density at radius 3 is 2.18 bits per heavy atom. The lowest BCUT2D eigenvalue weighted by Gasteiger charge is -2.26. The number of allylic oxidation sites excluding steroid dienone is 1. The minimum atomic E-state index is -1.11. The number of carbonyl (C=O) groups is 3. The number of benzene rings is 3. The van der Waals surface area contributed by atoms with Gasteiger partial charge < -0.3 is 9.47 Å². The van der Waals surface area contributed by atoms with Gasteiger partial charge >= 0.3 is 5.97 Å². The molecule has 192 valence electrons. The van der Waals surface area contributed by atoms with Crippen molar-refractivity contribution >= 4 is 41.0 Å². The minimum Gasteiger partial charge on any atom is -0.493 e. The van der Waals surface area contributed by atoms with Crippen molar-refractivity contribution in [1.29, 1.82) is 5.26 Å². The van der Waals surface area contributed by atoms with Crippen molar-refractivity contribution in [3.05, 3.63) is 94.0 Å². The van der Waals surface area contributed by atoms with Crippen LogP contribution in [0.1, 0.15) is 52.1 Å². The fourth-order valence-corrected chi connectivity index (χ4v) is 4.38. The number of nitrogens with zero attached hydrogens (tertiary/aromatic N) is 2. The number of fused-ring (bicyclic) bond motifs is 1. The molecule has 0 spiro atoms. The standard InChI is InChI=1S/C30H25ClN2O5/c1-18(2)14-25(33-28(34)23-6-4-5-7-24(23)29(33)35)30(36)38-26-13-8-19(16-27(26)37-3)15-21(17-32)20-9-11-22(31)12-10-20/h4-13,15-16,18,25H,14H2,1-3H3. The van der Waals surface area contributed by atoms with Gasteiger partial charge in [0.1, 0.15) is 6.04 Å². The predicted octanol–water partition coefficient (Wildman–Crippen LogP) is 6.03. The molecular weight excluding hydrogens is 504 g/mol. The molecule has 4 rings (SSSR count). The summed E-state index contributed by atoms with van der Waals surface area (Å²) in [7, 11) is 1.43. The monoisotopic (exact) mass is 528 g/mol. The molecule has 1 aliphatic rings. The van der Waals surface area contributed by atoms with E-state index in [2.05, 4.69) is 6.07 Å². The van der Waals surface area contributed by atoms with Crippen LogP contribution >= 0.6 is 11.6 Å². The quantitative estimate of drug-likeness (QED) is 0.116. The van der Waals surface area contributed by atoms with Gasteiger partial charge in [0.15, 0.2) is 11.5 Å². The van der Waals surface area contributed by atoms with E-state index in [1.165, 1.54) is 7.11 Å². The van der Waals surface area contributed by atoms with Gasteiger partial charge in [-0.05, 0) is 65.9 Å². The van der Waals surface area contributed by atoms with Crippen molar-refractivity contribution in [2.75, 3.05) is 7.11 Å². The molecule has 0 fully saturated rings. The van der Waals surface area contributed by atoms with Crippen molar-refractivity contribution in [2.24, 2.45) is 5.92 Å². The summed E-state index contributed by atoms with van der Waals surface area (Å²) >= 11 is 5.95. The van der Waals surface area contributed by atoms with E-state index in [4.69, 9.17) is 21.1 Å². The average molecular weight is 529 g/mol. The Morgan fingerprint density at radius 2 is 1.63 bits per heavy atom. The number of nitriles is 1. The smallest absolute Gasteiger partial charge is 0.334 e. The Labute approximate surface area is 225 Å². The summed E-state index contributed by atoms with van der Waals surface area (Å²) in [5.41, 5.74) is 2.29. The second-order valence-corrected chi connectivity index (χ2v) is 9.62. The van der Waals surface area contributed by atoms with E-state index < -0.39 is 23.8 Å². The van der Waals surface area contributed by atoms with Gasteiger partial charge in [-0.15, -0.1) is 0 Å². The molecule has 1 unspecified atom stereocenters. The maximum absolute atomic E-state index is 13.4. The number of amides is 2. The fourth-order valence-electron chi connectivity index (χ4n) is 4.26. The van der Waals surface area contributed by atoms with Gasteiger partial charge in [-0.25, -0.2) is 4.79 Å². The lowest BCUT2D eigenvalue weighted by Crippen LogP contribution is -2.47. The zero-order valence-corrected chi connectivity index (χ0v) is 21.9. The third-order valence-electron chi connectivity index (χ3n) is 6.09. The zero-order chi connectivity index (χ0) is 27.4. The Balaban J connectivity index is 1.61. The van der Waals surface area contributed by atoms with Gasteiger partial charge in [-0.2, -0.15) is 5.26 Å². The van der Waals surface area contributed by atoms with Crippen molar-refractivity contribution in [1.82, 2.24) is 4.90 Å². The summed E-state index contributed by atoms with van der Waals surface area (Å²) in [6, 6.07) is 19.3. The second-order valence-electron chi connectivity index (χ2n) is 9.18. The summed E-state index contributed by atoms with van der Waals surface area (Å²) < 4.78 is 11.1. The summed E-state index contributed by atoms with van der Waals surface area (Å²) in [6.45, 7) is 3.79. The SMILES string of the molecule is COc1cc(C=C(C#N)c2ccc(Cl)cc2)ccc1OC(=O)C(CC(C)C)N1C(=O)c2ccccc2C1=O. The van der Waals surface area contributed by atoms with E-state index >= 15 is 0 Å². The molecule has 2 amide bonds. The van der Waals surface area contributed by atoms with Crippen LogP contribution in [-0.2, 0) is 4.79 Å². The highest BCUT2D eigenvalue weighted by atomic mass is 35.5. The van der Waals surface area contributed by atoms with Crippen molar-refractivity contribution in [3.8, 4) is 17.6 Å². The third-order valence-corrected chi connectivity index (χ3v) is 6.34. The summed E-state index contributed by atoms with van der Waals surface area (Å²) in [5, 5.41) is 10.2. The summed E-state index contributed by atoms with van der Waals surface area (Å²) in [5.74, 6) is -1.40. The Hall–Kier alpha value is -4.41. The van der Waals surface area contributed by atoms with Crippen LogP contribution in [0.2, 0.25) is 5.02 Å². The van der Waals surface area contributed by atoms with E-state index in [0.717, 1.165) is 4.90 Å². The molecule has 0 saturated heterocycles. The van der Waals surface area contributed by atoms with Crippen LogP contribution in [0.4, 0.5) is 0 Å². The number of imide groups is 1. The minimum absolute atomic E-state index is 0.00328. The third kappa shape index (κ3) is 5.46. The van der Waals surface area contributed by atoms with Gasteiger partial charge in [-0.3, -0.25) is 14.5 Å². The summed E-state index contributed by atoms with van der Waals surface area (Å²) in [6.07, 6.45) is 1.91. The molecule has 0 aromatic heterocycles. The largest absolute Gasteiger partial charge is 0.493 e. The van der Waals surface area contributed by atoms with Crippen LogP contribution in [0.15, 0.2) is 66.7 Å². The lowest BCUT2D eigenvalue weighted by atomic mass is 10.0. The van der Waals surface area contributed by atoms with Gasteiger partial charge in [0.05, 0.1) is 29.9 Å². The number of ether oxygens (including phenoxy) is 2. The van der Waals surface area contributed by atoms with Crippen LogP contribution in [-0.4, -0.2) is 35.8 Å². The van der Waals surface area contributed by atoms with Crippen molar-refractivity contribution in [2.45, 2.75) is 26.3 Å². The number of hydrogen-bond donors (Lipinski definition) is 0. The number of carbonyl (C=O) groups excluding carboxylic acids is 3. The molecule has 0 N–H and O–H groups in total. The molecule has 0 bridgehead atoms. The van der Waals surface area contributed by atoms with E-state index in [9.17, 15) is 19.6 Å². The van der Waals surface area contributed by atoms with Crippen molar-refractivity contribution in [3.63, 3.8) is 0 Å². The van der Waals surface area contributed by atoms with Crippen LogP contribution in [0.3, 0.4) is 0 Å². The van der Waals surface area contributed by atoms with Crippen LogP contribution < -0.4 is 9.47 Å². The zero-order valence-electron chi connectivity index (χ0n) is 21.1. The first-order chi connectivity index (χ1) is 18.2. The number of hydrogen-bond acceptors (Lipinski definition) is 6. The molecule has 7 nitrogen and oxygen atoms in total. The number of esters is 1. The molecule has 0 saturated carbocycles. The Morgan fingerprint density at radius 1 is 1.00 bits per heavy atom. The lowest BCUT2D eigenvalue weighted by molar-refractivity contribution is -0.139. The Bertz CT molecular complexity index is 1440. The molecule has 0 radical (unpaired) electrons. The maximum atomic E-state index is 13.4. The van der Waals surface area contributed by atoms with Crippen LogP contribution in [0.25, 0.3) is 11.6 Å². The van der Waals surface area contributed by atoms with Gasteiger partial charge in [0, 0.05) is 5.02 Å². The summed E-state index contributed by atoms with van der Waals surface area (Å²) in [4.78, 5) is 40.5. The number of rotatable bonds is 8. The second kappa shape index (κ2) is 11.3. The normalized spacial score (nSPS) is 13.8. The molecule has 3 aromatic carbocycles. The highest BCUT2D eigenvalue weighted by molar-refractivity contribution is 6.30. The molecule has 8 heteroatoms. The maximum Gasteiger partial charge on any atom is 0.334 e. The average Bonchev–Trinajstić information content (AvgIpc) is 3.16. The van der Waals surface area contributed by atoms with Gasteiger partial charge in [-0.1, -0.05) is 55.8 Å². The number of halogens is 1. The number of methoxy groups -OCH3 is 1. The predicted molar refractivity (Wildman–Crippen MR) is 144 cm³/mol. The molecule has 1 heterocycles. The Kier molecular flexibility index (Phi) is 7.94. The van der Waals surface area contributed by atoms with Crippen LogP contribution in [0.5, 0.6) is 11.5 Å². The van der Waals surface area contributed by atoms with Gasteiger partial charge in [0.2, 0.25) is 0 Å². The first-order valence-electron chi connectivity index (χ1n) is 12.0. The molecular formula is C30H25ClN2O5. The first kappa shape index (κ1) is 26.6. The van der Waals surface area contributed by atoms with E-state index in [0.29, 0.717) is 21.7 Å². The highest BCUT2D eigenvalue weighted by Gasteiger charge is 2.43. The van der Waals surface area contributed by atoms with E-state index in [1.807, 2.05) is 13.8 Å². The molecule has 0 aliphatic carbocycles. The molecule has 38 heavy (non-hydrogen) atoms. The molecule has 1 atom stereocenters. The van der Waals surface area contributed by atoms with Crippen LogP contribution in [0, 0.1) is 17.2 Å². The topological polar surface area (TPSA) is 96.7 Å². The highest BCUT2D eigenvalue weighted by Crippen LogP contribution is 2.32. The van der Waals surface area contributed by atoms with Gasteiger partial charge in [0.25, 0.3) is 11.8 Å². The van der Waals surface area contributed by atoms with E-state index in [-0.39, 0.29) is 35.0 Å². The fraction of sp³-hybridized carbons (Fsp3) is 0.200. The first-order valence-corrected chi connectivity index (χ1v) is 12.4. The van der Waals surface area contributed by atoms with Crippen molar-refractivity contribution < 1.29 is 23.9 Å².